The van der Waals surface area contributed by atoms with Crippen LogP contribution in [-0.4, -0.2) is 0 Å². The molecule has 0 N–H and O–H groups in total. The van der Waals surface area contributed by atoms with Crippen molar-refractivity contribution in [2.75, 3.05) is 0 Å². The summed E-state index contributed by atoms with van der Waals surface area (Å²) in [6, 6.07) is 0. The van der Waals surface area contributed by atoms with E-state index in [0.717, 1.165) is 0 Å². The molecule has 1 atom stereocenters. The van der Waals surface area contributed by atoms with Crippen molar-refractivity contribution in [3.63, 3.8) is 0 Å². The Morgan fingerprint density at radius 2 is 1.32 bits per heavy atom. The quantitative estimate of drug-likeness (QED) is 0.479. The number of hydrogen-bond donors (Lipinski definition) is 0. The Hall–Kier alpha value is 0.423. The first-order chi connectivity index (χ1) is 12.1. The number of allylic oxidation sites excluding steroid dienone is 8. The Labute approximate surface area is 199 Å². The van der Waals surface area contributed by atoms with Crippen LogP contribution >= 0.6 is 0 Å². The molecule has 0 saturated carbocycles. The van der Waals surface area contributed by atoms with Crippen LogP contribution in [0.25, 0.3) is 0 Å². The minimum Gasteiger partial charge on any atom is -1.00 e. The first kappa shape index (κ1) is 28.4. The molecule has 158 valence electrons. The molecule has 0 radical (unpaired) electrons. The molecule has 2 rings (SSSR count). The summed E-state index contributed by atoms with van der Waals surface area (Å²) in [6.45, 7) is 21.8. The van der Waals surface area contributed by atoms with Gasteiger partial charge in [0.1, 0.15) is 0 Å². The minimum absolute atomic E-state index is 0. The predicted molar refractivity (Wildman–Crippen MR) is 113 cm³/mol. The van der Waals surface area contributed by atoms with Gasteiger partial charge in [-0.3, -0.25) is 0 Å². The molecule has 0 fully saturated rings. The average molecular weight is 503 g/mol. The van der Waals surface area contributed by atoms with Gasteiger partial charge in [0, 0.05) is 0 Å². The first-order valence-corrected chi connectivity index (χ1v) is 13.2. The van der Waals surface area contributed by atoms with Gasteiger partial charge in [0.2, 0.25) is 0 Å². The third-order valence-corrected chi connectivity index (χ3v) is 13.3. The van der Waals surface area contributed by atoms with Gasteiger partial charge < -0.3 is 24.8 Å². The van der Waals surface area contributed by atoms with Crippen LogP contribution in [0.15, 0.2) is 42.8 Å². The molecule has 0 heterocycles. The van der Waals surface area contributed by atoms with Crippen molar-refractivity contribution in [3.8, 4) is 0 Å². The number of rotatable bonds is 8. The van der Waals surface area contributed by atoms with Crippen LogP contribution in [0.5, 0.6) is 0 Å². The van der Waals surface area contributed by atoms with Gasteiger partial charge >= 0.3 is 175 Å². The van der Waals surface area contributed by atoms with Gasteiger partial charge in [0.05, 0.1) is 0 Å². The van der Waals surface area contributed by atoms with Crippen molar-refractivity contribution >= 4 is 0 Å². The topological polar surface area (TPSA) is 0 Å². The van der Waals surface area contributed by atoms with Crippen molar-refractivity contribution < 1.29 is 48.0 Å². The van der Waals surface area contributed by atoms with Gasteiger partial charge in [0.15, 0.2) is 0 Å². The summed E-state index contributed by atoms with van der Waals surface area (Å²) in [5, 5.41) is 0. The molecule has 0 bridgehead atoms. The molecule has 0 saturated heterocycles. The van der Waals surface area contributed by atoms with E-state index in [0.29, 0.717) is 3.12 Å². The van der Waals surface area contributed by atoms with Crippen molar-refractivity contribution in [2.24, 2.45) is 5.41 Å². The zero-order chi connectivity index (χ0) is 19.7. The Morgan fingerprint density at radius 3 is 1.79 bits per heavy atom. The summed E-state index contributed by atoms with van der Waals surface area (Å²) in [4.78, 5) is 0. The van der Waals surface area contributed by atoms with Gasteiger partial charge in [-0.25, -0.2) is 0 Å². The number of halogens is 2. The maximum absolute atomic E-state index is 2.63. The van der Waals surface area contributed by atoms with E-state index in [2.05, 4.69) is 68.4 Å². The number of unbranched alkanes of at least 4 members (excludes halogenated alkanes) is 2. The summed E-state index contributed by atoms with van der Waals surface area (Å²) >= 11 is -0.773. The SMILES string of the molecule is CCCCC1=CC(CCCC)=C(C)[C]1(C)[Zr+2][C]1=C(C)C(C)=C(C)C1(C)C.[Cl-].[Cl-]. The molecule has 0 amide bonds. The van der Waals surface area contributed by atoms with E-state index in [9.17, 15) is 0 Å². The molecule has 0 aliphatic heterocycles. The van der Waals surface area contributed by atoms with Gasteiger partial charge in [-0.15, -0.1) is 0 Å². The summed E-state index contributed by atoms with van der Waals surface area (Å²) in [5.74, 6) is 0. The zero-order valence-electron chi connectivity index (χ0n) is 19.6. The monoisotopic (exact) mass is 500 g/mol. The van der Waals surface area contributed by atoms with Crippen LogP contribution in [-0.2, 0) is 23.2 Å². The first-order valence-electron chi connectivity index (χ1n) is 10.7. The summed E-state index contributed by atoms with van der Waals surface area (Å²) in [6.07, 6.45) is 10.5. The molecule has 2 aliphatic carbocycles. The van der Waals surface area contributed by atoms with E-state index in [1.807, 2.05) is 3.28 Å². The average Bonchev–Trinajstić information content (AvgIpc) is 2.91. The molecule has 1 unspecified atom stereocenters. The van der Waals surface area contributed by atoms with Crippen molar-refractivity contribution in [3.05, 3.63) is 42.8 Å². The van der Waals surface area contributed by atoms with Crippen molar-refractivity contribution in [1.82, 2.24) is 0 Å². The Balaban J connectivity index is 0.00000364. The van der Waals surface area contributed by atoms with Crippen molar-refractivity contribution in [1.29, 1.82) is 0 Å². The summed E-state index contributed by atoms with van der Waals surface area (Å²) in [7, 11) is 0. The molecule has 0 nitrogen and oxygen atoms in total. The predicted octanol–water partition coefficient (Wildman–Crippen LogP) is 2.54. The van der Waals surface area contributed by atoms with Crippen LogP contribution in [0.2, 0.25) is 3.12 Å². The van der Waals surface area contributed by atoms with E-state index in [1.54, 1.807) is 33.4 Å². The largest absolute Gasteiger partial charge is 1.00 e. The van der Waals surface area contributed by atoms with Crippen LogP contribution in [0.1, 0.15) is 101 Å². The van der Waals surface area contributed by atoms with Crippen LogP contribution in [0.4, 0.5) is 0 Å². The second-order valence-corrected chi connectivity index (χ2v) is 13.5. The molecule has 28 heavy (non-hydrogen) atoms. The maximum Gasteiger partial charge on any atom is -1.00 e. The van der Waals surface area contributed by atoms with E-state index >= 15 is 0 Å². The molecule has 3 heteroatoms. The van der Waals surface area contributed by atoms with Crippen LogP contribution in [0, 0.1) is 5.41 Å². The zero-order valence-corrected chi connectivity index (χ0v) is 23.5. The smallest absolute Gasteiger partial charge is 1.00 e. The minimum atomic E-state index is -0.773. The Morgan fingerprint density at radius 1 is 0.786 bits per heavy atom. The third-order valence-electron chi connectivity index (χ3n) is 7.26. The molecule has 2 aliphatic rings. The second-order valence-electron chi connectivity index (χ2n) is 9.15. The summed E-state index contributed by atoms with van der Waals surface area (Å²) in [5.41, 5.74) is 10.3. The van der Waals surface area contributed by atoms with Gasteiger partial charge in [-0.1, -0.05) is 0 Å². The van der Waals surface area contributed by atoms with Crippen LogP contribution in [0.3, 0.4) is 0 Å². The molecular formula is C25H40Cl2Zr. The Bertz CT molecular complexity index is 691. The fourth-order valence-electron chi connectivity index (χ4n) is 4.61. The van der Waals surface area contributed by atoms with Gasteiger partial charge in [0.25, 0.3) is 0 Å². The van der Waals surface area contributed by atoms with Crippen LogP contribution < -0.4 is 24.8 Å². The Kier molecular flexibility index (Phi) is 11.3. The van der Waals surface area contributed by atoms with Gasteiger partial charge in [-0.05, 0) is 0 Å². The molecule has 0 spiro atoms. The summed E-state index contributed by atoms with van der Waals surface area (Å²) < 4.78 is 2.23. The third kappa shape index (κ3) is 5.18. The molecule has 0 aromatic carbocycles. The number of hydrogen-bond acceptors (Lipinski definition) is 0. The normalized spacial score (nSPS) is 23.5. The fraction of sp³-hybridized carbons (Fsp3) is 0.680. The fourth-order valence-corrected chi connectivity index (χ4v) is 9.72. The maximum atomic E-state index is 2.63. The standard InChI is InChI=1S/C15H25.C10H15.2ClH.Zr/c1-5-7-9-14-11-15(10-8-6-2)13(4)12(14)3;1-7-6-10(4,5)9(3)8(7)2;;;/h11H,5-10H2,1-4H3;1-5H3;2*1H;/q;;;;+2/p-2. The van der Waals surface area contributed by atoms with E-state index < -0.39 is 23.2 Å². The van der Waals surface area contributed by atoms with Crippen molar-refractivity contribution in [2.45, 2.75) is 104 Å². The molecular weight excluding hydrogens is 462 g/mol. The molecule has 0 aromatic rings. The van der Waals surface area contributed by atoms with E-state index in [4.69, 9.17) is 0 Å². The van der Waals surface area contributed by atoms with Gasteiger partial charge in [-0.2, -0.15) is 0 Å². The van der Waals surface area contributed by atoms with E-state index in [1.165, 1.54) is 38.5 Å². The second kappa shape index (κ2) is 11.2. The van der Waals surface area contributed by atoms with E-state index in [-0.39, 0.29) is 30.2 Å². The molecule has 0 aromatic heterocycles.